The van der Waals surface area contributed by atoms with Gasteiger partial charge in [-0.05, 0) is 35.2 Å². The van der Waals surface area contributed by atoms with Gasteiger partial charge < -0.3 is 10.4 Å². The minimum atomic E-state index is 0.253. The number of aliphatic hydroxyl groups is 1. The van der Waals surface area contributed by atoms with Crippen molar-refractivity contribution in [2.75, 3.05) is 13.2 Å². The smallest absolute Gasteiger partial charge is 0.0468 e. The summed E-state index contributed by atoms with van der Waals surface area (Å²) >= 11 is 1.72. The third kappa shape index (κ3) is 3.46. The van der Waals surface area contributed by atoms with Crippen molar-refractivity contribution in [2.45, 2.75) is 19.9 Å². The molecule has 0 aromatic carbocycles. The van der Waals surface area contributed by atoms with E-state index in [1.807, 2.05) is 6.92 Å². The topological polar surface area (TPSA) is 32.3 Å². The highest BCUT2D eigenvalue weighted by Crippen LogP contribution is 2.15. The second-order valence-electron chi connectivity index (χ2n) is 3.47. The Balaban J connectivity index is 2.30. The molecule has 1 heterocycles. The predicted octanol–water partition coefficient (Wildman–Crippen LogP) is 2.03. The van der Waals surface area contributed by atoms with Crippen LogP contribution in [0.4, 0.5) is 0 Å². The van der Waals surface area contributed by atoms with Gasteiger partial charge in [0.05, 0.1) is 0 Å². The molecule has 0 aliphatic heterocycles. The number of aliphatic hydroxyl groups excluding tert-OH is 1. The summed E-state index contributed by atoms with van der Waals surface area (Å²) in [7, 11) is 0. The van der Waals surface area contributed by atoms with Crippen LogP contribution in [0.25, 0.3) is 0 Å². The van der Waals surface area contributed by atoms with Crippen molar-refractivity contribution >= 4 is 11.3 Å². The van der Waals surface area contributed by atoms with Crippen LogP contribution >= 0.6 is 11.3 Å². The summed E-state index contributed by atoms with van der Waals surface area (Å²) in [5.74, 6) is 0.334. The quantitative estimate of drug-likeness (QED) is 0.760. The van der Waals surface area contributed by atoms with Crippen LogP contribution < -0.4 is 5.32 Å². The Labute approximate surface area is 83.6 Å². The summed E-state index contributed by atoms with van der Waals surface area (Å²) in [5.41, 5.74) is 1.33. The van der Waals surface area contributed by atoms with Gasteiger partial charge in [-0.2, -0.15) is 11.3 Å². The molecule has 2 N–H and O–H groups in total. The highest BCUT2D eigenvalue weighted by Gasteiger charge is 2.06. The van der Waals surface area contributed by atoms with Crippen LogP contribution in [0.5, 0.6) is 0 Å². The van der Waals surface area contributed by atoms with Crippen molar-refractivity contribution < 1.29 is 5.11 Å². The first-order valence-corrected chi connectivity index (χ1v) is 5.54. The molecule has 2 nitrogen and oxygen atoms in total. The summed E-state index contributed by atoms with van der Waals surface area (Å²) in [6.07, 6.45) is 0. The van der Waals surface area contributed by atoms with E-state index in [9.17, 15) is 0 Å². The van der Waals surface area contributed by atoms with Crippen LogP contribution in [0.3, 0.4) is 0 Å². The van der Waals surface area contributed by atoms with E-state index in [1.54, 1.807) is 11.3 Å². The molecule has 0 aliphatic carbocycles. The van der Waals surface area contributed by atoms with Crippen molar-refractivity contribution in [3.05, 3.63) is 22.4 Å². The van der Waals surface area contributed by atoms with E-state index in [1.165, 1.54) is 5.56 Å². The molecule has 0 aliphatic rings. The minimum Gasteiger partial charge on any atom is -0.396 e. The van der Waals surface area contributed by atoms with Crippen molar-refractivity contribution in [1.82, 2.24) is 5.32 Å². The van der Waals surface area contributed by atoms with E-state index < -0.39 is 0 Å². The molecule has 0 fully saturated rings. The molecule has 0 saturated heterocycles. The molecule has 0 radical (unpaired) electrons. The van der Waals surface area contributed by atoms with Gasteiger partial charge in [-0.15, -0.1) is 0 Å². The zero-order valence-electron chi connectivity index (χ0n) is 8.16. The second-order valence-corrected chi connectivity index (χ2v) is 4.25. The normalized spacial score (nSPS) is 15.6. The first-order chi connectivity index (χ1) is 6.24. The Hall–Kier alpha value is -0.380. The lowest BCUT2D eigenvalue weighted by Crippen LogP contribution is -2.25. The standard InChI is InChI=1S/C10H17NOS/c1-8(6-12)5-11-9(2)10-3-4-13-7-10/h3-4,7-9,11-12H,5-6H2,1-2H3. The molecular formula is C10H17NOS. The first-order valence-electron chi connectivity index (χ1n) is 4.60. The van der Waals surface area contributed by atoms with E-state index in [4.69, 9.17) is 5.11 Å². The number of hydrogen-bond acceptors (Lipinski definition) is 3. The Kier molecular flexibility index (Phi) is 4.42. The zero-order valence-corrected chi connectivity index (χ0v) is 8.97. The average molecular weight is 199 g/mol. The molecule has 2 atom stereocenters. The zero-order chi connectivity index (χ0) is 9.68. The van der Waals surface area contributed by atoms with E-state index in [2.05, 4.69) is 29.1 Å². The minimum absolute atomic E-state index is 0.253. The largest absolute Gasteiger partial charge is 0.396 e. The number of thiophene rings is 1. The van der Waals surface area contributed by atoms with E-state index in [-0.39, 0.29) is 6.61 Å². The van der Waals surface area contributed by atoms with Crippen LogP contribution in [-0.4, -0.2) is 18.3 Å². The maximum Gasteiger partial charge on any atom is 0.0468 e. The van der Waals surface area contributed by atoms with Crippen molar-refractivity contribution in [2.24, 2.45) is 5.92 Å². The molecule has 0 saturated carbocycles. The fraction of sp³-hybridized carbons (Fsp3) is 0.600. The SMILES string of the molecule is CC(CO)CNC(C)c1ccsc1. The lowest BCUT2D eigenvalue weighted by molar-refractivity contribution is 0.231. The van der Waals surface area contributed by atoms with Crippen molar-refractivity contribution in [3.63, 3.8) is 0 Å². The molecule has 1 rings (SSSR count). The molecule has 13 heavy (non-hydrogen) atoms. The van der Waals surface area contributed by atoms with Crippen LogP contribution in [0.1, 0.15) is 25.5 Å². The van der Waals surface area contributed by atoms with Gasteiger partial charge in [0.15, 0.2) is 0 Å². The van der Waals surface area contributed by atoms with E-state index in [0.29, 0.717) is 12.0 Å². The highest BCUT2D eigenvalue weighted by atomic mass is 32.1. The van der Waals surface area contributed by atoms with Crippen LogP contribution in [0, 0.1) is 5.92 Å². The monoisotopic (exact) mass is 199 g/mol. The summed E-state index contributed by atoms with van der Waals surface area (Å²) in [6, 6.07) is 2.52. The average Bonchev–Trinajstić information content (AvgIpc) is 2.66. The first kappa shape index (κ1) is 10.7. The van der Waals surface area contributed by atoms with Gasteiger partial charge in [0.2, 0.25) is 0 Å². The summed E-state index contributed by atoms with van der Waals surface area (Å²) in [6.45, 7) is 5.30. The molecule has 2 unspecified atom stereocenters. The molecule has 0 bridgehead atoms. The number of hydrogen-bond donors (Lipinski definition) is 2. The van der Waals surface area contributed by atoms with Crippen molar-refractivity contribution in [3.8, 4) is 0 Å². The third-order valence-electron chi connectivity index (χ3n) is 2.13. The summed E-state index contributed by atoms with van der Waals surface area (Å²) in [4.78, 5) is 0. The Morgan fingerprint density at radius 3 is 2.85 bits per heavy atom. The van der Waals surface area contributed by atoms with Gasteiger partial charge >= 0.3 is 0 Å². The Morgan fingerprint density at radius 2 is 2.31 bits per heavy atom. The van der Waals surface area contributed by atoms with Crippen LogP contribution in [0.15, 0.2) is 16.8 Å². The van der Waals surface area contributed by atoms with Gasteiger partial charge in [0.25, 0.3) is 0 Å². The van der Waals surface area contributed by atoms with Gasteiger partial charge in [0, 0.05) is 19.2 Å². The summed E-state index contributed by atoms with van der Waals surface area (Å²) in [5, 5.41) is 16.5. The van der Waals surface area contributed by atoms with Crippen LogP contribution in [0.2, 0.25) is 0 Å². The number of rotatable bonds is 5. The van der Waals surface area contributed by atoms with Gasteiger partial charge in [-0.3, -0.25) is 0 Å². The van der Waals surface area contributed by atoms with Crippen molar-refractivity contribution in [1.29, 1.82) is 0 Å². The maximum atomic E-state index is 8.84. The molecule has 1 aromatic heterocycles. The summed E-state index contributed by atoms with van der Waals surface area (Å²) < 4.78 is 0. The molecule has 1 aromatic rings. The fourth-order valence-corrected chi connectivity index (χ4v) is 1.84. The molecular weight excluding hydrogens is 182 g/mol. The molecule has 0 amide bonds. The van der Waals surface area contributed by atoms with Gasteiger partial charge in [0.1, 0.15) is 0 Å². The lowest BCUT2D eigenvalue weighted by Gasteiger charge is -2.15. The Bertz CT molecular complexity index is 223. The van der Waals surface area contributed by atoms with Gasteiger partial charge in [-0.25, -0.2) is 0 Å². The van der Waals surface area contributed by atoms with Gasteiger partial charge in [-0.1, -0.05) is 6.92 Å². The molecule has 0 spiro atoms. The maximum absolute atomic E-state index is 8.84. The second kappa shape index (κ2) is 5.37. The molecule has 74 valence electrons. The lowest BCUT2D eigenvalue weighted by atomic mass is 10.1. The molecule has 3 heteroatoms. The third-order valence-corrected chi connectivity index (χ3v) is 2.83. The fourth-order valence-electron chi connectivity index (χ4n) is 1.08. The number of nitrogens with one attached hydrogen (secondary N) is 1. The predicted molar refractivity (Wildman–Crippen MR) is 57.0 cm³/mol. The van der Waals surface area contributed by atoms with E-state index >= 15 is 0 Å². The highest BCUT2D eigenvalue weighted by molar-refractivity contribution is 7.07. The van der Waals surface area contributed by atoms with E-state index in [0.717, 1.165) is 6.54 Å². The van der Waals surface area contributed by atoms with Crippen LogP contribution in [-0.2, 0) is 0 Å². The Morgan fingerprint density at radius 1 is 1.54 bits per heavy atom.